The molecule has 0 spiro atoms. The molecule has 0 aliphatic carbocycles. The summed E-state index contributed by atoms with van der Waals surface area (Å²) in [6, 6.07) is 12.9. The zero-order valence-corrected chi connectivity index (χ0v) is 16.1. The van der Waals surface area contributed by atoms with Gasteiger partial charge in [0, 0.05) is 40.0 Å². The second-order valence-electron chi connectivity index (χ2n) is 5.94. The fourth-order valence-corrected chi connectivity index (χ4v) is 3.04. The number of rotatable bonds is 4. The standard InChI is InChI=1S/C19H16Cl2N4O2/c1-11-7-17(25(2)24-11)23-18(26)12-3-5-16(6-4-12)22-19(27)13-8-14(20)10-15(21)9-13/h3-10H,1-2H3,(H,22,27)(H,23,26). The van der Waals surface area contributed by atoms with Crippen LogP contribution in [0.2, 0.25) is 10.0 Å². The fraction of sp³-hybridized carbons (Fsp3) is 0.105. The first-order valence-electron chi connectivity index (χ1n) is 8.01. The number of amides is 2. The number of nitrogens with zero attached hydrogens (tertiary/aromatic N) is 2. The minimum Gasteiger partial charge on any atom is -0.322 e. The van der Waals surface area contributed by atoms with Gasteiger partial charge in [0.1, 0.15) is 5.82 Å². The number of halogens is 2. The maximum atomic E-state index is 12.3. The van der Waals surface area contributed by atoms with E-state index in [1.165, 1.54) is 12.1 Å². The first kappa shape index (κ1) is 18.9. The van der Waals surface area contributed by atoms with E-state index in [2.05, 4.69) is 15.7 Å². The highest BCUT2D eigenvalue weighted by Gasteiger charge is 2.11. The Kier molecular flexibility index (Phi) is 5.48. The number of anilines is 2. The number of benzene rings is 2. The maximum Gasteiger partial charge on any atom is 0.256 e. The van der Waals surface area contributed by atoms with Crippen molar-refractivity contribution in [3.63, 3.8) is 0 Å². The largest absolute Gasteiger partial charge is 0.322 e. The quantitative estimate of drug-likeness (QED) is 0.672. The number of nitrogens with one attached hydrogen (secondary N) is 2. The number of carbonyl (C=O) groups excluding carboxylic acids is 2. The molecular formula is C19H16Cl2N4O2. The molecule has 2 aromatic carbocycles. The van der Waals surface area contributed by atoms with Gasteiger partial charge in [0.2, 0.25) is 0 Å². The smallest absolute Gasteiger partial charge is 0.256 e. The monoisotopic (exact) mass is 402 g/mol. The van der Waals surface area contributed by atoms with Crippen molar-refractivity contribution in [2.45, 2.75) is 6.92 Å². The molecule has 3 rings (SSSR count). The Bertz CT molecular complexity index is 993. The van der Waals surface area contributed by atoms with Crippen molar-refractivity contribution in [3.05, 3.63) is 75.4 Å². The van der Waals surface area contributed by atoms with Crippen molar-refractivity contribution < 1.29 is 9.59 Å². The van der Waals surface area contributed by atoms with Gasteiger partial charge in [-0.1, -0.05) is 23.2 Å². The number of aryl methyl sites for hydroxylation is 2. The van der Waals surface area contributed by atoms with Gasteiger partial charge in [-0.05, 0) is 49.4 Å². The van der Waals surface area contributed by atoms with E-state index in [1.807, 2.05) is 6.92 Å². The third kappa shape index (κ3) is 4.67. The zero-order chi connectivity index (χ0) is 19.6. The zero-order valence-electron chi connectivity index (χ0n) is 14.6. The van der Waals surface area contributed by atoms with Crippen molar-refractivity contribution in [2.75, 3.05) is 10.6 Å². The lowest BCUT2D eigenvalue weighted by Gasteiger charge is -2.08. The molecule has 8 heteroatoms. The summed E-state index contributed by atoms with van der Waals surface area (Å²) in [5.74, 6) is -0.00725. The van der Waals surface area contributed by atoms with Gasteiger partial charge < -0.3 is 10.6 Å². The van der Waals surface area contributed by atoms with Crippen LogP contribution in [0.5, 0.6) is 0 Å². The van der Waals surface area contributed by atoms with Crippen LogP contribution in [0.15, 0.2) is 48.5 Å². The first-order chi connectivity index (χ1) is 12.8. The number of aromatic nitrogens is 2. The Balaban J connectivity index is 1.68. The topological polar surface area (TPSA) is 76.0 Å². The van der Waals surface area contributed by atoms with Crippen LogP contribution in [-0.4, -0.2) is 21.6 Å². The van der Waals surface area contributed by atoms with E-state index in [1.54, 1.807) is 48.1 Å². The van der Waals surface area contributed by atoms with Crippen molar-refractivity contribution in [1.82, 2.24) is 9.78 Å². The van der Waals surface area contributed by atoms with Crippen LogP contribution in [-0.2, 0) is 7.05 Å². The number of hydrogen-bond donors (Lipinski definition) is 2. The molecular weight excluding hydrogens is 387 g/mol. The van der Waals surface area contributed by atoms with Crippen molar-refractivity contribution in [2.24, 2.45) is 7.05 Å². The summed E-state index contributed by atoms with van der Waals surface area (Å²) in [6.45, 7) is 1.85. The van der Waals surface area contributed by atoms with Crippen molar-refractivity contribution >= 4 is 46.5 Å². The van der Waals surface area contributed by atoms with E-state index in [0.29, 0.717) is 32.7 Å². The summed E-state index contributed by atoms with van der Waals surface area (Å²) in [4.78, 5) is 24.6. The average Bonchev–Trinajstić information content (AvgIpc) is 2.91. The predicted molar refractivity (Wildman–Crippen MR) is 107 cm³/mol. The Morgan fingerprint density at radius 3 is 2.04 bits per heavy atom. The van der Waals surface area contributed by atoms with Crippen LogP contribution in [0.25, 0.3) is 0 Å². The maximum absolute atomic E-state index is 12.3. The molecule has 0 bridgehead atoms. The number of hydrogen-bond acceptors (Lipinski definition) is 3. The molecule has 0 atom stereocenters. The second kappa shape index (κ2) is 7.82. The lowest BCUT2D eigenvalue weighted by molar-refractivity contribution is 0.101. The van der Waals surface area contributed by atoms with Crippen molar-refractivity contribution in [3.8, 4) is 0 Å². The van der Waals surface area contributed by atoms with Crippen LogP contribution in [0.1, 0.15) is 26.4 Å². The SMILES string of the molecule is Cc1cc(NC(=O)c2ccc(NC(=O)c3cc(Cl)cc(Cl)c3)cc2)n(C)n1. The minimum atomic E-state index is -0.345. The van der Waals surface area contributed by atoms with Crippen LogP contribution in [0, 0.1) is 6.92 Å². The van der Waals surface area contributed by atoms with Crippen LogP contribution in [0.4, 0.5) is 11.5 Å². The van der Waals surface area contributed by atoms with E-state index in [0.717, 1.165) is 5.69 Å². The fourth-order valence-electron chi connectivity index (χ4n) is 2.51. The van der Waals surface area contributed by atoms with Gasteiger partial charge in [-0.3, -0.25) is 14.3 Å². The van der Waals surface area contributed by atoms with E-state index in [9.17, 15) is 9.59 Å². The Hall–Kier alpha value is -2.83. The molecule has 0 saturated heterocycles. The van der Waals surface area contributed by atoms with Gasteiger partial charge in [0.05, 0.1) is 5.69 Å². The third-order valence-electron chi connectivity index (χ3n) is 3.77. The van der Waals surface area contributed by atoms with Crippen LogP contribution >= 0.6 is 23.2 Å². The molecule has 0 radical (unpaired) electrons. The van der Waals surface area contributed by atoms with Gasteiger partial charge >= 0.3 is 0 Å². The molecule has 27 heavy (non-hydrogen) atoms. The number of carbonyl (C=O) groups is 2. The molecule has 0 aliphatic heterocycles. The molecule has 2 amide bonds. The Labute approximate surface area is 166 Å². The highest BCUT2D eigenvalue weighted by atomic mass is 35.5. The summed E-state index contributed by atoms with van der Waals surface area (Å²) < 4.78 is 1.60. The molecule has 138 valence electrons. The van der Waals surface area contributed by atoms with E-state index in [-0.39, 0.29) is 11.8 Å². The molecule has 3 aromatic rings. The molecule has 0 unspecified atom stereocenters. The van der Waals surface area contributed by atoms with E-state index >= 15 is 0 Å². The molecule has 0 saturated carbocycles. The second-order valence-corrected chi connectivity index (χ2v) is 6.81. The average molecular weight is 403 g/mol. The lowest BCUT2D eigenvalue weighted by Crippen LogP contribution is -2.15. The van der Waals surface area contributed by atoms with Gasteiger partial charge in [-0.15, -0.1) is 0 Å². The summed E-state index contributed by atoms with van der Waals surface area (Å²) in [5, 5.41) is 10.5. The van der Waals surface area contributed by atoms with Crippen molar-refractivity contribution in [1.29, 1.82) is 0 Å². The highest BCUT2D eigenvalue weighted by Crippen LogP contribution is 2.20. The molecule has 0 fully saturated rings. The van der Waals surface area contributed by atoms with E-state index in [4.69, 9.17) is 23.2 Å². The Morgan fingerprint density at radius 2 is 1.48 bits per heavy atom. The highest BCUT2D eigenvalue weighted by molar-refractivity contribution is 6.35. The van der Waals surface area contributed by atoms with E-state index < -0.39 is 0 Å². The van der Waals surface area contributed by atoms with Crippen LogP contribution < -0.4 is 10.6 Å². The summed E-state index contributed by atoms with van der Waals surface area (Å²) in [6.07, 6.45) is 0. The Morgan fingerprint density at radius 1 is 0.889 bits per heavy atom. The van der Waals surface area contributed by atoms with Gasteiger partial charge in [0.15, 0.2) is 0 Å². The summed E-state index contributed by atoms with van der Waals surface area (Å²) in [7, 11) is 1.75. The molecule has 0 aliphatic rings. The summed E-state index contributed by atoms with van der Waals surface area (Å²) >= 11 is 11.8. The molecule has 1 aromatic heterocycles. The normalized spacial score (nSPS) is 10.5. The summed E-state index contributed by atoms with van der Waals surface area (Å²) in [5.41, 5.74) is 2.16. The first-order valence-corrected chi connectivity index (χ1v) is 8.77. The van der Waals surface area contributed by atoms with Gasteiger partial charge in [0.25, 0.3) is 11.8 Å². The lowest BCUT2D eigenvalue weighted by atomic mass is 10.1. The third-order valence-corrected chi connectivity index (χ3v) is 4.21. The molecule has 1 heterocycles. The van der Waals surface area contributed by atoms with Gasteiger partial charge in [-0.25, -0.2) is 0 Å². The molecule has 2 N–H and O–H groups in total. The minimum absolute atomic E-state index is 0.266. The predicted octanol–water partition coefficient (Wildman–Crippen LogP) is 4.54. The van der Waals surface area contributed by atoms with Crippen LogP contribution in [0.3, 0.4) is 0 Å². The van der Waals surface area contributed by atoms with Gasteiger partial charge in [-0.2, -0.15) is 5.10 Å². The molecule has 6 nitrogen and oxygen atoms in total.